The molecule has 0 spiro atoms. The first-order valence-electron chi connectivity index (χ1n) is 15.5. The molecule has 4 rings (SSSR count). The molecule has 4 aliphatic carbocycles. The minimum atomic E-state index is 0.699. The summed E-state index contributed by atoms with van der Waals surface area (Å²) in [4.78, 5) is 0. The van der Waals surface area contributed by atoms with Gasteiger partial charge in [0, 0.05) is 0 Å². The molecule has 4 saturated carbocycles. The third kappa shape index (κ3) is 7.36. The molecule has 0 amide bonds. The molecule has 0 bridgehead atoms. The maximum absolute atomic E-state index is 3.63. The molecule has 0 aromatic heterocycles. The van der Waals surface area contributed by atoms with Crippen molar-refractivity contribution >= 4 is 0 Å². The monoisotopic (exact) mass is 463 g/mol. The van der Waals surface area contributed by atoms with Crippen molar-refractivity contribution < 1.29 is 0 Å². The molecule has 8 atom stereocenters. The predicted octanol–water partition coefficient (Wildman–Crippen LogP) is 11.7. The zero-order valence-electron chi connectivity index (χ0n) is 25.2. The molecule has 0 nitrogen and oxygen atoms in total. The number of allylic oxidation sites excluding steroid dienone is 1. The van der Waals surface area contributed by atoms with Gasteiger partial charge in [0.05, 0.1) is 0 Å². The molecule has 4 aliphatic rings. The normalized spacial score (nSPS) is 38.9. The van der Waals surface area contributed by atoms with E-state index in [9.17, 15) is 0 Å². The Hall–Kier alpha value is -0.260. The van der Waals surface area contributed by atoms with Crippen LogP contribution in [-0.4, -0.2) is 0 Å². The average molecular weight is 463 g/mol. The Bertz CT molecular complexity index is 492. The van der Waals surface area contributed by atoms with Crippen molar-refractivity contribution in [2.45, 2.75) is 153 Å². The molecule has 0 heterocycles. The van der Waals surface area contributed by atoms with E-state index in [1.165, 1.54) is 25.7 Å². The summed E-state index contributed by atoms with van der Waals surface area (Å²) >= 11 is 0. The van der Waals surface area contributed by atoms with Crippen molar-refractivity contribution in [1.29, 1.82) is 0 Å². The van der Waals surface area contributed by atoms with E-state index < -0.39 is 0 Å². The van der Waals surface area contributed by atoms with Gasteiger partial charge in [-0.2, -0.15) is 0 Å². The molecule has 0 radical (unpaired) electrons. The number of hydrogen-bond donors (Lipinski definition) is 0. The Kier molecular flexibility index (Phi) is 16.3. The van der Waals surface area contributed by atoms with Gasteiger partial charge >= 0.3 is 0 Å². The van der Waals surface area contributed by atoms with Gasteiger partial charge in [0.25, 0.3) is 0 Å². The fourth-order valence-electron chi connectivity index (χ4n) is 8.24. The van der Waals surface area contributed by atoms with Gasteiger partial charge in [-0.3, -0.25) is 0 Å². The van der Waals surface area contributed by atoms with E-state index in [-0.39, 0.29) is 0 Å². The first-order chi connectivity index (χ1) is 15.9. The largest absolute Gasteiger partial charge is 0.103 e. The van der Waals surface area contributed by atoms with Gasteiger partial charge in [-0.05, 0) is 97.7 Å². The van der Waals surface area contributed by atoms with Crippen molar-refractivity contribution in [3.05, 3.63) is 12.7 Å². The first kappa shape index (κ1) is 32.7. The van der Waals surface area contributed by atoms with E-state index >= 15 is 0 Å². The molecule has 33 heavy (non-hydrogen) atoms. The second-order valence-corrected chi connectivity index (χ2v) is 11.3. The Morgan fingerprint density at radius 3 is 1.88 bits per heavy atom. The van der Waals surface area contributed by atoms with Crippen LogP contribution >= 0.6 is 0 Å². The van der Waals surface area contributed by atoms with Crippen molar-refractivity contribution in [2.75, 3.05) is 0 Å². The topological polar surface area (TPSA) is 0 Å². The Morgan fingerprint density at radius 2 is 1.36 bits per heavy atom. The Balaban J connectivity index is 0.000000730. The summed E-state index contributed by atoms with van der Waals surface area (Å²) in [6.07, 6.45) is 20.2. The predicted molar refractivity (Wildman–Crippen MR) is 154 cm³/mol. The van der Waals surface area contributed by atoms with Crippen LogP contribution in [0.4, 0.5) is 0 Å². The van der Waals surface area contributed by atoms with Crippen LogP contribution < -0.4 is 0 Å². The maximum Gasteiger partial charge on any atom is -0.0266 e. The fraction of sp³-hybridized carbons (Fsp3) is 0.939. The van der Waals surface area contributed by atoms with E-state index in [0.29, 0.717) is 11.3 Å². The van der Waals surface area contributed by atoms with Gasteiger partial charge in [-0.1, -0.05) is 108 Å². The van der Waals surface area contributed by atoms with Crippen molar-refractivity contribution in [3.63, 3.8) is 0 Å². The molecule has 198 valence electrons. The highest BCUT2D eigenvalue weighted by molar-refractivity contribution is 5.08. The van der Waals surface area contributed by atoms with Gasteiger partial charge in [-0.15, -0.1) is 6.58 Å². The van der Waals surface area contributed by atoms with E-state index in [0.717, 1.165) is 35.0 Å². The van der Waals surface area contributed by atoms with Crippen LogP contribution in [0.1, 0.15) is 153 Å². The summed E-state index contributed by atoms with van der Waals surface area (Å²) in [5.41, 5.74) is 1.45. The van der Waals surface area contributed by atoms with Gasteiger partial charge in [-0.25, -0.2) is 0 Å². The van der Waals surface area contributed by atoms with Crippen molar-refractivity contribution in [3.8, 4) is 0 Å². The van der Waals surface area contributed by atoms with Crippen LogP contribution in [0.3, 0.4) is 0 Å². The summed E-state index contributed by atoms with van der Waals surface area (Å²) in [6.45, 7) is 27.8. The average Bonchev–Trinajstić information content (AvgIpc) is 3.23. The molecular formula is C33H66. The first-order valence-corrected chi connectivity index (χ1v) is 15.5. The Morgan fingerprint density at radius 1 is 0.758 bits per heavy atom. The van der Waals surface area contributed by atoms with E-state index in [1.807, 2.05) is 47.6 Å². The van der Waals surface area contributed by atoms with Gasteiger partial charge < -0.3 is 0 Å². The number of fused-ring (bicyclic) bond motifs is 5. The molecule has 0 saturated heterocycles. The minimum Gasteiger partial charge on any atom is -0.103 e. The zero-order chi connectivity index (χ0) is 25.7. The SMILES string of the molecule is C=CC(C)CC.CC.CC.CC.CCC1CCC2C3CCC4CCCCC4(C)C3CCC12C. The lowest BCUT2D eigenvalue weighted by molar-refractivity contribution is -0.110. The smallest absolute Gasteiger partial charge is 0.0266 e. The number of rotatable bonds is 3. The summed E-state index contributed by atoms with van der Waals surface area (Å²) < 4.78 is 0. The summed E-state index contributed by atoms with van der Waals surface area (Å²) in [7, 11) is 0. The lowest BCUT2D eigenvalue weighted by atomic mass is 9.45. The maximum atomic E-state index is 3.63. The second-order valence-electron chi connectivity index (χ2n) is 11.3. The summed E-state index contributed by atoms with van der Waals surface area (Å²) in [5, 5.41) is 0. The van der Waals surface area contributed by atoms with Crippen molar-refractivity contribution in [1.82, 2.24) is 0 Å². The molecule has 0 aromatic carbocycles. The van der Waals surface area contributed by atoms with Crippen LogP contribution in [0.2, 0.25) is 0 Å². The Labute approximate surface area is 212 Å². The third-order valence-corrected chi connectivity index (χ3v) is 10.3. The fourth-order valence-corrected chi connectivity index (χ4v) is 8.24. The highest BCUT2D eigenvalue weighted by atomic mass is 14.6. The molecular weight excluding hydrogens is 396 g/mol. The van der Waals surface area contributed by atoms with Crippen LogP contribution in [0.25, 0.3) is 0 Å². The summed E-state index contributed by atoms with van der Waals surface area (Å²) in [6, 6.07) is 0. The summed E-state index contributed by atoms with van der Waals surface area (Å²) in [5.74, 6) is 6.09. The molecule has 0 aliphatic heterocycles. The molecule has 4 fully saturated rings. The van der Waals surface area contributed by atoms with Crippen LogP contribution in [0.15, 0.2) is 12.7 Å². The van der Waals surface area contributed by atoms with Gasteiger partial charge in [0.2, 0.25) is 0 Å². The molecule has 0 aromatic rings. The van der Waals surface area contributed by atoms with Crippen LogP contribution in [-0.2, 0) is 0 Å². The van der Waals surface area contributed by atoms with Crippen LogP contribution in [0.5, 0.6) is 0 Å². The van der Waals surface area contributed by atoms with Crippen molar-refractivity contribution in [2.24, 2.45) is 46.3 Å². The molecule has 0 N–H and O–H groups in total. The third-order valence-electron chi connectivity index (χ3n) is 10.3. The minimum absolute atomic E-state index is 0.699. The van der Waals surface area contributed by atoms with E-state index in [1.54, 1.807) is 51.4 Å². The molecule has 0 heteroatoms. The second kappa shape index (κ2) is 16.4. The quantitative estimate of drug-likeness (QED) is 0.366. The highest BCUT2D eigenvalue weighted by Gasteiger charge is 2.59. The lowest BCUT2D eigenvalue weighted by Gasteiger charge is -2.60. The van der Waals surface area contributed by atoms with Gasteiger partial charge in [0.15, 0.2) is 0 Å². The van der Waals surface area contributed by atoms with Crippen LogP contribution in [0, 0.1) is 46.3 Å². The standard InChI is InChI=1S/C21H36.C6H12.3C2H6/c1-4-15-9-11-18-17-10-8-16-7-5-6-13-20(16,2)19(17)12-14-21(15,18)3;1-4-6(3)5-2;3*1-2/h15-19H,4-14H2,1-3H3;4,6H,1,5H2,2-3H3;3*1-2H3. The van der Waals surface area contributed by atoms with E-state index in [4.69, 9.17) is 0 Å². The zero-order valence-corrected chi connectivity index (χ0v) is 25.2. The number of hydrogen-bond acceptors (Lipinski definition) is 0. The lowest BCUT2D eigenvalue weighted by Crippen LogP contribution is -2.52. The van der Waals surface area contributed by atoms with E-state index in [2.05, 4.69) is 41.2 Å². The highest BCUT2D eigenvalue weighted by Crippen LogP contribution is 2.67. The molecule has 8 unspecified atom stereocenters. The van der Waals surface area contributed by atoms with Gasteiger partial charge in [0.1, 0.15) is 0 Å².